The minimum atomic E-state index is -3.57. The summed E-state index contributed by atoms with van der Waals surface area (Å²) in [7, 11) is -0.113. The molecule has 0 atom stereocenters. The van der Waals surface area contributed by atoms with Crippen molar-refractivity contribution in [1.82, 2.24) is 13.8 Å². The van der Waals surface area contributed by atoms with Crippen LogP contribution in [0.15, 0.2) is 41.4 Å². The molecule has 0 N–H and O–H groups in total. The largest absolute Gasteiger partial charge is 0.378 e. The fourth-order valence-corrected chi connectivity index (χ4v) is 5.91. The summed E-state index contributed by atoms with van der Waals surface area (Å²) in [5.74, 6) is -0.204. The van der Waals surface area contributed by atoms with E-state index in [0.717, 1.165) is 56.8 Å². The third-order valence-electron chi connectivity index (χ3n) is 6.23. The van der Waals surface area contributed by atoms with Gasteiger partial charge in [0, 0.05) is 58.7 Å². The zero-order chi connectivity index (χ0) is 22.7. The van der Waals surface area contributed by atoms with Gasteiger partial charge in [-0.15, -0.1) is 0 Å². The Morgan fingerprint density at radius 3 is 2.34 bits per heavy atom. The van der Waals surface area contributed by atoms with E-state index in [2.05, 4.69) is 17.0 Å². The number of anilines is 1. The number of hydrogen-bond acceptors (Lipinski definition) is 5. The van der Waals surface area contributed by atoms with Crippen molar-refractivity contribution in [2.45, 2.75) is 30.7 Å². The smallest absolute Gasteiger partial charge is 0.270 e. The zero-order valence-corrected chi connectivity index (χ0v) is 19.7. The minimum absolute atomic E-state index is 0.188. The van der Waals surface area contributed by atoms with Gasteiger partial charge < -0.3 is 19.1 Å². The number of morpholine rings is 1. The zero-order valence-electron chi connectivity index (χ0n) is 18.9. The number of sulfonamides is 1. The molecule has 0 bridgehead atoms. The van der Waals surface area contributed by atoms with Gasteiger partial charge in [0.15, 0.2) is 0 Å². The van der Waals surface area contributed by atoms with Gasteiger partial charge in [0.1, 0.15) is 10.6 Å². The first-order chi connectivity index (χ1) is 15.4. The van der Waals surface area contributed by atoms with E-state index in [1.165, 1.54) is 10.4 Å². The van der Waals surface area contributed by atoms with Crippen LogP contribution in [-0.4, -0.2) is 74.5 Å². The van der Waals surface area contributed by atoms with Gasteiger partial charge in [0.2, 0.25) is 10.0 Å². The number of carbonyl (C=O) groups is 1. The standard InChI is InChI=1S/C23H32N4O4S/c1-24-18-21(32(29,30)27-10-4-3-5-11-27)16-22(24)23(28)25(2)17-19-6-8-20(9-7-19)26-12-14-31-15-13-26/h6-9,16,18H,3-5,10-15,17H2,1-2H3. The van der Waals surface area contributed by atoms with Crippen LogP contribution < -0.4 is 4.90 Å². The Kier molecular flexibility index (Phi) is 6.88. The lowest BCUT2D eigenvalue weighted by atomic mass is 10.1. The van der Waals surface area contributed by atoms with Gasteiger partial charge in [-0.1, -0.05) is 18.6 Å². The van der Waals surface area contributed by atoms with E-state index in [-0.39, 0.29) is 10.8 Å². The molecule has 8 nitrogen and oxygen atoms in total. The molecule has 3 heterocycles. The van der Waals surface area contributed by atoms with E-state index in [0.29, 0.717) is 25.3 Å². The number of hydrogen-bond donors (Lipinski definition) is 0. The second-order valence-electron chi connectivity index (χ2n) is 8.56. The van der Waals surface area contributed by atoms with Crippen LogP contribution in [0.1, 0.15) is 35.3 Å². The van der Waals surface area contributed by atoms with Crippen molar-refractivity contribution < 1.29 is 17.9 Å². The van der Waals surface area contributed by atoms with Crippen molar-refractivity contribution in [2.24, 2.45) is 7.05 Å². The van der Waals surface area contributed by atoms with Crippen molar-refractivity contribution in [3.63, 3.8) is 0 Å². The molecule has 2 aromatic rings. The molecule has 2 saturated heterocycles. The number of rotatable bonds is 6. The maximum Gasteiger partial charge on any atom is 0.270 e. The molecule has 1 aromatic heterocycles. The van der Waals surface area contributed by atoms with Gasteiger partial charge in [-0.05, 0) is 36.6 Å². The molecule has 1 amide bonds. The Bertz CT molecular complexity index is 1040. The fourth-order valence-electron chi connectivity index (χ4n) is 4.32. The highest BCUT2D eigenvalue weighted by Crippen LogP contribution is 2.23. The number of benzene rings is 1. The van der Waals surface area contributed by atoms with Gasteiger partial charge in [-0.2, -0.15) is 4.31 Å². The molecule has 0 unspecified atom stereocenters. The molecule has 9 heteroatoms. The average Bonchev–Trinajstić information content (AvgIpc) is 3.22. The number of nitrogens with zero attached hydrogens (tertiary/aromatic N) is 4. The Morgan fingerprint density at radius 1 is 1.03 bits per heavy atom. The molecular weight excluding hydrogens is 428 g/mol. The summed E-state index contributed by atoms with van der Waals surface area (Å²) in [5, 5.41) is 0. The lowest BCUT2D eigenvalue weighted by Gasteiger charge is -2.29. The number of amides is 1. The van der Waals surface area contributed by atoms with E-state index >= 15 is 0 Å². The highest BCUT2D eigenvalue weighted by Gasteiger charge is 2.29. The van der Waals surface area contributed by atoms with Gasteiger partial charge in [-0.25, -0.2) is 8.42 Å². The quantitative estimate of drug-likeness (QED) is 0.661. The summed E-state index contributed by atoms with van der Waals surface area (Å²) in [6, 6.07) is 9.72. The molecule has 174 valence electrons. The SMILES string of the molecule is CN(Cc1ccc(N2CCOCC2)cc1)C(=O)c1cc(S(=O)(=O)N2CCCCC2)cn1C. The molecule has 32 heavy (non-hydrogen) atoms. The molecule has 0 saturated carbocycles. The number of piperidine rings is 1. The fraction of sp³-hybridized carbons (Fsp3) is 0.522. The highest BCUT2D eigenvalue weighted by molar-refractivity contribution is 7.89. The Labute approximate surface area is 190 Å². The van der Waals surface area contributed by atoms with Crippen molar-refractivity contribution in [2.75, 3.05) is 51.3 Å². The molecular formula is C23H32N4O4S. The molecule has 0 aliphatic carbocycles. The van der Waals surface area contributed by atoms with Crippen molar-refractivity contribution in [1.29, 1.82) is 0 Å². The molecule has 2 fully saturated rings. The second-order valence-corrected chi connectivity index (χ2v) is 10.5. The van der Waals surface area contributed by atoms with Crippen molar-refractivity contribution in [3.05, 3.63) is 47.8 Å². The number of aromatic nitrogens is 1. The molecule has 4 rings (SSSR count). The monoisotopic (exact) mass is 460 g/mol. The predicted octanol–water partition coefficient (Wildman–Crippen LogP) is 2.31. The van der Waals surface area contributed by atoms with E-state index in [9.17, 15) is 13.2 Å². The first-order valence-corrected chi connectivity index (χ1v) is 12.6. The van der Waals surface area contributed by atoms with Crippen LogP contribution in [0.2, 0.25) is 0 Å². The maximum atomic E-state index is 13.1. The van der Waals surface area contributed by atoms with Crippen LogP contribution in [0, 0.1) is 0 Å². The number of ether oxygens (including phenoxy) is 1. The van der Waals surface area contributed by atoms with Crippen LogP contribution in [0.4, 0.5) is 5.69 Å². The predicted molar refractivity (Wildman–Crippen MR) is 123 cm³/mol. The van der Waals surface area contributed by atoms with Crippen LogP contribution in [0.5, 0.6) is 0 Å². The van der Waals surface area contributed by atoms with Gasteiger partial charge >= 0.3 is 0 Å². The van der Waals surface area contributed by atoms with E-state index in [4.69, 9.17) is 4.74 Å². The summed E-state index contributed by atoms with van der Waals surface area (Å²) < 4.78 is 34.5. The topological polar surface area (TPSA) is 75.1 Å². The van der Waals surface area contributed by atoms with Crippen molar-refractivity contribution >= 4 is 21.6 Å². The van der Waals surface area contributed by atoms with Gasteiger partial charge in [-0.3, -0.25) is 4.79 Å². The third kappa shape index (κ3) is 4.84. The summed E-state index contributed by atoms with van der Waals surface area (Å²) in [6.07, 6.45) is 4.36. The van der Waals surface area contributed by atoms with Gasteiger partial charge in [0.05, 0.1) is 13.2 Å². The second kappa shape index (κ2) is 9.64. The van der Waals surface area contributed by atoms with Crippen LogP contribution in [-0.2, 0) is 28.4 Å². The highest BCUT2D eigenvalue weighted by atomic mass is 32.2. The van der Waals surface area contributed by atoms with Crippen LogP contribution in [0.3, 0.4) is 0 Å². The Hall–Kier alpha value is -2.36. The summed E-state index contributed by atoms with van der Waals surface area (Å²) in [5.41, 5.74) is 2.54. The Balaban J connectivity index is 1.43. The van der Waals surface area contributed by atoms with Crippen LogP contribution >= 0.6 is 0 Å². The molecule has 2 aliphatic rings. The molecule has 0 spiro atoms. The lowest BCUT2D eigenvalue weighted by Crippen LogP contribution is -2.36. The van der Waals surface area contributed by atoms with Crippen LogP contribution in [0.25, 0.3) is 0 Å². The first kappa shape index (κ1) is 22.8. The van der Waals surface area contributed by atoms with Gasteiger partial charge in [0.25, 0.3) is 5.91 Å². The van der Waals surface area contributed by atoms with E-state index < -0.39 is 10.0 Å². The summed E-state index contributed by atoms with van der Waals surface area (Å²) >= 11 is 0. The summed E-state index contributed by atoms with van der Waals surface area (Å²) in [6.45, 7) is 4.78. The minimum Gasteiger partial charge on any atom is -0.378 e. The molecule has 2 aliphatic heterocycles. The van der Waals surface area contributed by atoms with Crippen molar-refractivity contribution in [3.8, 4) is 0 Å². The first-order valence-electron chi connectivity index (χ1n) is 11.2. The molecule has 1 aromatic carbocycles. The van der Waals surface area contributed by atoms with E-state index in [1.54, 1.807) is 29.8 Å². The Morgan fingerprint density at radius 2 is 1.69 bits per heavy atom. The third-order valence-corrected chi connectivity index (χ3v) is 8.09. The number of aryl methyl sites for hydroxylation is 1. The average molecular weight is 461 g/mol. The lowest BCUT2D eigenvalue weighted by molar-refractivity contribution is 0.0775. The van der Waals surface area contributed by atoms with E-state index in [1.807, 2.05) is 12.1 Å². The maximum absolute atomic E-state index is 13.1. The number of carbonyl (C=O) groups excluding carboxylic acids is 1. The normalized spacial score (nSPS) is 18.0. The summed E-state index contributed by atoms with van der Waals surface area (Å²) in [4.78, 5) is 17.2. The molecule has 0 radical (unpaired) electrons.